The molecule has 0 aliphatic carbocycles. The van der Waals surface area contributed by atoms with Crippen LogP contribution in [0.3, 0.4) is 0 Å². The lowest BCUT2D eigenvalue weighted by Gasteiger charge is -2.04. The Morgan fingerprint density at radius 1 is 1.25 bits per heavy atom. The Labute approximate surface area is 121 Å². The van der Waals surface area contributed by atoms with Crippen molar-refractivity contribution in [3.05, 3.63) is 59.0 Å². The van der Waals surface area contributed by atoms with E-state index in [1.165, 1.54) is 0 Å². The van der Waals surface area contributed by atoms with Gasteiger partial charge in [0.15, 0.2) is 5.65 Å². The highest BCUT2D eigenvalue weighted by atomic mass is 35.5. The Kier molecular flexibility index (Phi) is 3.36. The van der Waals surface area contributed by atoms with Gasteiger partial charge >= 0.3 is 0 Å². The lowest BCUT2D eigenvalue weighted by atomic mass is 10.1. The van der Waals surface area contributed by atoms with Gasteiger partial charge in [-0.1, -0.05) is 41.9 Å². The molecule has 3 aromatic rings. The minimum absolute atomic E-state index is 0.229. The summed E-state index contributed by atoms with van der Waals surface area (Å²) >= 11 is 5.94. The molecule has 98 valence electrons. The smallest absolute Gasteiger partial charge is 0.161 e. The molecule has 5 heteroatoms. The van der Waals surface area contributed by atoms with Gasteiger partial charge < -0.3 is 0 Å². The van der Waals surface area contributed by atoms with Crippen LogP contribution in [0.1, 0.15) is 11.4 Å². The summed E-state index contributed by atoms with van der Waals surface area (Å²) in [7, 11) is 0. The number of halogens is 1. The zero-order chi connectivity index (χ0) is 13.9. The second kappa shape index (κ2) is 5.32. The van der Waals surface area contributed by atoms with Crippen molar-refractivity contribution >= 4 is 22.8 Å². The van der Waals surface area contributed by atoms with Gasteiger partial charge in [-0.3, -0.25) is 4.57 Å². The largest absolute Gasteiger partial charge is 0.298 e. The zero-order valence-corrected chi connectivity index (χ0v) is 11.4. The summed E-state index contributed by atoms with van der Waals surface area (Å²) in [5, 5.41) is 9.54. The fraction of sp³-hybridized carbons (Fsp3) is 0.133. The van der Waals surface area contributed by atoms with Crippen molar-refractivity contribution in [2.75, 3.05) is 0 Å². The van der Waals surface area contributed by atoms with E-state index in [0.717, 1.165) is 16.9 Å². The number of pyridine rings is 1. The van der Waals surface area contributed by atoms with Crippen LogP contribution in [0, 0.1) is 11.3 Å². The Balaban J connectivity index is 2.09. The minimum Gasteiger partial charge on any atom is -0.298 e. The molecule has 2 aromatic heterocycles. The second-order valence-electron chi connectivity index (χ2n) is 4.43. The maximum atomic E-state index is 8.99. The standard InChI is InChI=1S/C15H11ClN4/c16-12-9-13-15(18-10-12)20(7-6-17)14(19-13)8-11-4-2-1-3-5-11/h1-5,9-10H,7-8H2. The van der Waals surface area contributed by atoms with Crippen molar-refractivity contribution < 1.29 is 0 Å². The third kappa shape index (κ3) is 2.36. The van der Waals surface area contributed by atoms with E-state index >= 15 is 0 Å². The van der Waals surface area contributed by atoms with E-state index < -0.39 is 0 Å². The average Bonchev–Trinajstić information content (AvgIpc) is 2.77. The molecule has 0 aliphatic rings. The number of nitrogens with zero attached hydrogens (tertiary/aromatic N) is 4. The number of benzene rings is 1. The number of aromatic nitrogens is 3. The van der Waals surface area contributed by atoms with Crippen LogP contribution in [0.5, 0.6) is 0 Å². The van der Waals surface area contributed by atoms with Gasteiger partial charge in [0.2, 0.25) is 0 Å². The third-order valence-corrected chi connectivity index (χ3v) is 3.27. The predicted molar refractivity (Wildman–Crippen MR) is 77.4 cm³/mol. The van der Waals surface area contributed by atoms with Crippen LogP contribution in [0.4, 0.5) is 0 Å². The highest BCUT2D eigenvalue weighted by Gasteiger charge is 2.12. The molecule has 0 amide bonds. The van der Waals surface area contributed by atoms with Crippen molar-refractivity contribution in [1.29, 1.82) is 5.26 Å². The Bertz CT molecular complexity index is 787. The number of imidazole rings is 1. The van der Waals surface area contributed by atoms with Crippen LogP contribution in [-0.2, 0) is 13.0 Å². The van der Waals surface area contributed by atoms with E-state index in [0.29, 0.717) is 17.1 Å². The summed E-state index contributed by atoms with van der Waals surface area (Å²) in [6.45, 7) is 0.229. The maximum Gasteiger partial charge on any atom is 0.161 e. The summed E-state index contributed by atoms with van der Waals surface area (Å²) in [6.07, 6.45) is 2.24. The average molecular weight is 283 g/mol. The van der Waals surface area contributed by atoms with Crippen molar-refractivity contribution in [3.63, 3.8) is 0 Å². The maximum absolute atomic E-state index is 8.99. The zero-order valence-electron chi connectivity index (χ0n) is 10.6. The van der Waals surface area contributed by atoms with Crippen LogP contribution < -0.4 is 0 Å². The Morgan fingerprint density at radius 3 is 2.80 bits per heavy atom. The number of fused-ring (bicyclic) bond motifs is 1. The van der Waals surface area contributed by atoms with Crippen LogP contribution in [0.15, 0.2) is 42.6 Å². The van der Waals surface area contributed by atoms with Crippen molar-refractivity contribution in [2.24, 2.45) is 0 Å². The molecule has 0 atom stereocenters. The molecule has 2 heterocycles. The number of rotatable bonds is 3. The topological polar surface area (TPSA) is 54.5 Å². The summed E-state index contributed by atoms with van der Waals surface area (Å²) in [6, 6.07) is 14.0. The fourth-order valence-electron chi connectivity index (χ4n) is 2.18. The quantitative estimate of drug-likeness (QED) is 0.741. The molecular weight excluding hydrogens is 272 g/mol. The van der Waals surface area contributed by atoms with E-state index in [1.807, 2.05) is 34.9 Å². The third-order valence-electron chi connectivity index (χ3n) is 3.06. The molecule has 0 fully saturated rings. The van der Waals surface area contributed by atoms with Gasteiger partial charge in [-0.2, -0.15) is 5.26 Å². The van der Waals surface area contributed by atoms with Gasteiger partial charge in [0, 0.05) is 12.6 Å². The molecule has 0 aliphatic heterocycles. The Hall–Kier alpha value is -2.38. The Morgan fingerprint density at radius 2 is 2.05 bits per heavy atom. The van der Waals surface area contributed by atoms with Gasteiger partial charge in [0.05, 0.1) is 11.1 Å². The molecule has 0 N–H and O–H groups in total. The van der Waals surface area contributed by atoms with E-state index in [4.69, 9.17) is 16.9 Å². The van der Waals surface area contributed by atoms with Crippen LogP contribution in [0.2, 0.25) is 5.02 Å². The predicted octanol–water partition coefficient (Wildman–Crippen LogP) is 3.20. The molecule has 20 heavy (non-hydrogen) atoms. The lowest BCUT2D eigenvalue weighted by Crippen LogP contribution is -2.04. The summed E-state index contributed by atoms with van der Waals surface area (Å²) < 4.78 is 1.83. The van der Waals surface area contributed by atoms with Gasteiger partial charge in [-0.05, 0) is 11.6 Å². The van der Waals surface area contributed by atoms with Crippen LogP contribution in [0.25, 0.3) is 11.2 Å². The SMILES string of the molecule is N#CCn1c(Cc2ccccc2)nc2cc(Cl)cnc21. The highest BCUT2D eigenvalue weighted by Crippen LogP contribution is 2.19. The number of hydrogen-bond donors (Lipinski definition) is 0. The van der Waals surface area contributed by atoms with Crippen molar-refractivity contribution in [1.82, 2.24) is 14.5 Å². The van der Waals surface area contributed by atoms with E-state index in [-0.39, 0.29) is 6.54 Å². The molecule has 0 bridgehead atoms. The van der Waals surface area contributed by atoms with Crippen LogP contribution >= 0.6 is 11.6 Å². The number of hydrogen-bond acceptors (Lipinski definition) is 3. The fourth-order valence-corrected chi connectivity index (χ4v) is 2.34. The van der Waals surface area contributed by atoms with Gasteiger partial charge in [0.25, 0.3) is 0 Å². The summed E-state index contributed by atoms with van der Waals surface area (Å²) in [4.78, 5) is 8.83. The molecule has 0 saturated carbocycles. The van der Waals surface area contributed by atoms with Gasteiger partial charge in [0.1, 0.15) is 17.9 Å². The second-order valence-corrected chi connectivity index (χ2v) is 4.87. The lowest BCUT2D eigenvalue weighted by molar-refractivity contribution is 0.779. The molecular formula is C15H11ClN4. The monoisotopic (exact) mass is 282 g/mol. The first-order valence-electron chi connectivity index (χ1n) is 6.19. The molecule has 4 nitrogen and oxygen atoms in total. The normalized spacial score (nSPS) is 10.6. The summed E-state index contributed by atoms with van der Waals surface area (Å²) in [5.74, 6) is 0.822. The number of nitriles is 1. The highest BCUT2D eigenvalue weighted by molar-refractivity contribution is 6.31. The molecule has 1 aromatic carbocycles. The molecule has 3 rings (SSSR count). The van der Waals surface area contributed by atoms with Crippen LogP contribution in [-0.4, -0.2) is 14.5 Å². The van der Waals surface area contributed by atoms with E-state index in [1.54, 1.807) is 12.3 Å². The first-order chi connectivity index (χ1) is 9.78. The summed E-state index contributed by atoms with van der Waals surface area (Å²) in [5.41, 5.74) is 2.56. The minimum atomic E-state index is 0.229. The molecule has 0 unspecified atom stereocenters. The van der Waals surface area contributed by atoms with E-state index in [9.17, 15) is 0 Å². The van der Waals surface area contributed by atoms with Crippen molar-refractivity contribution in [2.45, 2.75) is 13.0 Å². The molecule has 0 radical (unpaired) electrons. The molecule has 0 saturated heterocycles. The molecule has 0 spiro atoms. The van der Waals surface area contributed by atoms with Crippen molar-refractivity contribution in [3.8, 4) is 6.07 Å². The van der Waals surface area contributed by atoms with E-state index in [2.05, 4.69) is 16.0 Å². The van der Waals surface area contributed by atoms with Gasteiger partial charge in [-0.15, -0.1) is 0 Å². The first-order valence-corrected chi connectivity index (χ1v) is 6.57. The first kappa shape index (κ1) is 12.6. The van der Waals surface area contributed by atoms with Gasteiger partial charge in [-0.25, -0.2) is 9.97 Å².